The number of ether oxygens (including phenoxy) is 1. The van der Waals surface area contributed by atoms with E-state index in [0.29, 0.717) is 29.5 Å². The number of hydrogen-bond acceptors (Lipinski definition) is 3. The number of hydrogen-bond donors (Lipinski definition) is 2. The molecule has 0 radical (unpaired) electrons. The number of guanidine groups is 1. The molecule has 0 aromatic heterocycles. The Hall–Kier alpha value is -0.810. The van der Waals surface area contributed by atoms with E-state index in [1.165, 1.54) is 51.5 Å². The number of rotatable bonds is 4. The first-order chi connectivity index (χ1) is 11.8. The van der Waals surface area contributed by atoms with Crippen molar-refractivity contribution in [3.05, 3.63) is 0 Å². The molecule has 0 amide bonds. The maximum Gasteiger partial charge on any atom is 0.191 e. The van der Waals surface area contributed by atoms with Gasteiger partial charge in [-0.2, -0.15) is 0 Å². The second kappa shape index (κ2) is 6.83. The first-order valence-corrected chi connectivity index (χ1v) is 10.1. The summed E-state index contributed by atoms with van der Waals surface area (Å²) in [4.78, 5) is 7.11. The summed E-state index contributed by atoms with van der Waals surface area (Å²) >= 11 is 0. The zero-order valence-electron chi connectivity index (χ0n) is 15.4. The lowest BCUT2D eigenvalue weighted by Crippen LogP contribution is -2.69. The van der Waals surface area contributed by atoms with E-state index in [-0.39, 0.29) is 0 Å². The van der Waals surface area contributed by atoms with Crippen LogP contribution in [0.5, 0.6) is 0 Å². The monoisotopic (exact) mass is 334 g/mol. The van der Waals surface area contributed by atoms with Crippen molar-refractivity contribution < 1.29 is 4.74 Å². The smallest absolute Gasteiger partial charge is 0.191 e. The van der Waals surface area contributed by atoms with Crippen molar-refractivity contribution in [2.24, 2.45) is 16.3 Å². The normalized spacial score (nSPS) is 38.3. The molecule has 4 aliphatic rings. The topological polar surface area (TPSA) is 48.9 Å². The molecular weight excluding hydrogens is 300 g/mol. The van der Waals surface area contributed by atoms with Crippen LogP contribution in [0.1, 0.15) is 51.9 Å². The van der Waals surface area contributed by atoms with E-state index in [1.807, 2.05) is 7.05 Å². The highest BCUT2D eigenvalue weighted by Crippen LogP contribution is 2.60. The van der Waals surface area contributed by atoms with E-state index in [1.54, 1.807) is 0 Å². The van der Waals surface area contributed by atoms with Crippen LogP contribution in [0.3, 0.4) is 0 Å². The van der Waals surface area contributed by atoms with Crippen LogP contribution in [-0.2, 0) is 4.74 Å². The van der Waals surface area contributed by atoms with E-state index < -0.39 is 0 Å². The molecule has 2 aliphatic carbocycles. The molecule has 2 N–H and O–H groups in total. The Morgan fingerprint density at radius 2 is 2.08 bits per heavy atom. The molecule has 4 fully saturated rings. The molecule has 0 aromatic carbocycles. The number of likely N-dealkylation sites (N-methyl/N-ethyl adjacent to an activating group) is 1. The summed E-state index contributed by atoms with van der Waals surface area (Å²) in [5, 5.41) is 7.42. The maximum atomic E-state index is 6.10. The van der Waals surface area contributed by atoms with E-state index in [4.69, 9.17) is 4.74 Å². The van der Waals surface area contributed by atoms with Crippen LogP contribution in [0.25, 0.3) is 0 Å². The van der Waals surface area contributed by atoms with Gasteiger partial charge in [0.1, 0.15) is 0 Å². The Balaban J connectivity index is 1.36. The minimum Gasteiger partial charge on any atom is -0.377 e. The summed E-state index contributed by atoms with van der Waals surface area (Å²) in [6.45, 7) is 6.64. The van der Waals surface area contributed by atoms with Gasteiger partial charge in [-0.3, -0.25) is 9.89 Å². The van der Waals surface area contributed by atoms with Crippen molar-refractivity contribution >= 4 is 5.96 Å². The standard InChI is InChI=1S/C19H34N4O/c1-3-23-11-6-7-14(23)13-21-18(20-2)22-16-15-8-12-24-17(15)19(16)9-4-5-10-19/h14-17H,3-13H2,1-2H3,(H2,20,21,22). The van der Waals surface area contributed by atoms with Crippen molar-refractivity contribution in [1.29, 1.82) is 0 Å². The summed E-state index contributed by atoms with van der Waals surface area (Å²) in [6, 6.07) is 1.22. The molecule has 1 spiro atoms. The number of nitrogens with zero attached hydrogens (tertiary/aromatic N) is 2. The molecule has 136 valence electrons. The molecule has 2 saturated carbocycles. The summed E-state index contributed by atoms with van der Waals surface area (Å²) in [5.74, 6) is 1.69. The van der Waals surface area contributed by atoms with Crippen molar-refractivity contribution in [2.75, 3.05) is 33.3 Å². The number of aliphatic imine (C=N–C) groups is 1. The third-order valence-corrected chi connectivity index (χ3v) is 7.21. The quantitative estimate of drug-likeness (QED) is 0.610. The van der Waals surface area contributed by atoms with E-state index >= 15 is 0 Å². The van der Waals surface area contributed by atoms with E-state index in [2.05, 4.69) is 27.4 Å². The number of nitrogens with one attached hydrogen (secondary N) is 2. The van der Waals surface area contributed by atoms with Crippen LogP contribution in [0.2, 0.25) is 0 Å². The second-order valence-electron chi connectivity index (χ2n) is 8.18. The highest BCUT2D eigenvalue weighted by molar-refractivity contribution is 5.80. The lowest BCUT2D eigenvalue weighted by molar-refractivity contribution is -0.125. The van der Waals surface area contributed by atoms with Crippen LogP contribution in [0.4, 0.5) is 0 Å². The predicted molar refractivity (Wildman–Crippen MR) is 97.3 cm³/mol. The molecule has 5 nitrogen and oxygen atoms in total. The van der Waals surface area contributed by atoms with Crippen LogP contribution in [-0.4, -0.2) is 62.3 Å². The van der Waals surface area contributed by atoms with E-state index in [0.717, 1.165) is 25.7 Å². The first kappa shape index (κ1) is 16.6. The minimum absolute atomic E-state index is 0.390. The molecule has 4 unspecified atom stereocenters. The number of fused-ring (bicyclic) bond motifs is 2. The third-order valence-electron chi connectivity index (χ3n) is 7.21. The molecule has 0 bridgehead atoms. The Morgan fingerprint density at radius 3 is 2.83 bits per heavy atom. The van der Waals surface area contributed by atoms with Gasteiger partial charge >= 0.3 is 0 Å². The first-order valence-electron chi connectivity index (χ1n) is 10.1. The second-order valence-corrected chi connectivity index (χ2v) is 8.18. The molecule has 4 rings (SSSR count). The lowest BCUT2D eigenvalue weighted by Gasteiger charge is -2.57. The van der Waals surface area contributed by atoms with Gasteiger partial charge in [0.05, 0.1) is 6.10 Å². The summed E-state index contributed by atoms with van der Waals surface area (Å²) < 4.78 is 6.10. The molecule has 0 aromatic rings. The van der Waals surface area contributed by atoms with Crippen LogP contribution in [0.15, 0.2) is 4.99 Å². The zero-order valence-corrected chi connectivity index (χ0v) is 15.4. The van der Waals surface area contributed by atoms with Gasteiger partial charge in [0.15, 0.2) is 5.96 Å². The highest BCUT2D eigenvalue weighted by atomic mass is 16.5. The fraction of sp³-hybridized carbons (Fsp3) is 0.947. The van der Waals surface area contributed by atoms with E-state index in [9.17, 15) is 0 Å². The van der Waals surface area contributed by atoms with Gasteiger partial charge in [-0.15, -0.1) is 0 Å². The molecule has 2 aliphatic heterocycles. The summed E-state index contributed by atoms with van der Waals surface area (Å²) in [6.07, 6.45) is 9.76. The van der Waals surface area contributed by atoms with Crippen LogP contribution in [0, 0.1) is 11.3 Å². The largest absolute Gasteiger partial charge is 0.377 e. The van der Waals surface area contributed by atoms with Crippen molar-refractivity contribution in [3.8, 4) is 0 Å². The zero-order chi connectivity index (χ0) is 16.6. The van der Waals surface area contributed by atoms with Gasteiger partial charge < -0.3 is 15.4 Å². The average Bonchev–Trinajstić information content (AvgIpc) is 3.33. The number of likely N-dealkylation sites (tertiary alicyclic amines) is 1. The van der Waals surface area contributed by atoms with Gasteiger partial charge in [0.2, 0.25) is 0 Å². The molecule has 5 heteroatoms. The summed E-state index contributed by atoms with van der Waals surface area (Å²) in [7, 11) is 1.91. The van der Waals surface area contributed by atoms with Gasteiger partial charge in [0, 0.05) is 43.6 Å². The third kappa shape index (κ3) is 2.64. The van der Waals surface area contributed by atoms with Crippen molar-refractivity contribution in [1.82, 2.24) is 15.5 Å². The fourth-order valence-corrected chi connectivity index (χ4v) is 6.00. The molecule has 2 heterocycles. The minimum atomic E-state index is 0.390. The van der Waals surface area contributed by atoms with Crippen molar-refractivity contribution in [3.63, 3.8) is 0 Å². The SMILES string of the molecule is CCN1CCCC1CNC(=NC)NC1C2CCOC2C12CCCC2. The molecule has 2 saturated heterocycles. The lowest BCUT2D eigenvalue weighted by atomic mass is 9.54. The van der Waals surface area contributed by atoms with Crippen molar-refractivity contribution in [2.45, 2.75) is 70.1 Å². The Kier molecular flexibility index (Phi) is 4.74. The highest BCUT2D eigenvalue weighted by Gasteiger charge is 2.65. The Morgan fingerprint density at radius 1 is 1.25 bits per heavy atom. The van der Waals surface area contributed by atoms with Gasteiger partial charge in [0.25, 0.3) is 0 Å². The predicted octanol–water partition coefficient (Wildman–Crippen LogP) is 1.98. The Labute approximate surface area is 146 Å². The average molecular weight is 335 g/mol. The Bertz CT molecular complexity index is 474. The molecule has 4 atom stereocenters. The van der Waals surface area contributed by atoms with Crippen LogP contribution >= 0.6 is 0 Å². The van der Waals surface area contributed by atoms with Crippen LogP contribution < -0.4 is 10.6 Å². The summed E-state index contributed by atoms with van der Waals surface area (Å²) in [5.41, 5.74) is 0.390. The molecule has 24 heavy (non-hydrogen) atoms. The van der Waals surface area contributed by atoms with Gasteiger partial charge in [-0.25, -0.2) is 0 Å². The molecular formula is C19H34N4O. The van der Waals surface area contributed by atoms with Gasteiger partial charge in [-0.1, -0.05) is 19.8 Å². The fourth-order valence-electron chi connectivity index (χ4n) is 6.00. The maximum absolute atomic E-state index is 6.10. The van der Waals surface area contributed by atoms with Gasteiger partial charge in [-0.05, 0) is 45.2 Å².